The van der Waals surface area contributed by atoms with Gasteiger partial charge in [-0.2, -0.15) is 0 Å². The second-order valence-corrected chi connectivity index (χ2v) is 2.57. The van der Waals surface area contributed by atoms with Crippen LogP contribution in [0.15, 0.2) is 24.3 Å². The molecule has 1 N–H and O–H groups in total. The zero-order valence-corrected chi connectivity index (χ0v) is 5.25. The van der Waals surface area contributed by atoms with Gasteiger partial charge in [-0.25, -0.2) is 0 Å². The predicted molar refractivity (Wildman–Crippen MR) is 38.2 cm³/mol. The van der Waals surface area contributed by atoms with Crippen LogP contribution in [0.2, 0.25) is 0 Å². The van der Waals surface area contributed by atoms with E-state index in [1.807, 2.05) is 6.08 Å². The molecule has 0 aromatic heterocycles. The van der Waals surface area contributed by atoms with E-state index >= 15 is 0 Å². The van der Waals surface area contributed by atoms with E-state index in [9.17, 15) is 0 Å². The van der Waals surface area contributed by atoms with Crippen LogP contribution < -0.4 is 5.32 Å². The summed E-state index contributed by atoms with van der Waals surface area (Å²) in [5.41, 5.74) is 0. The van der Waals surface area contributed by atoms with Gasteiger partial charge < -0.3 is 5.32 Å². The van der Waals surface area contributed by atoms with E-state index in [4.69, 9.17) is 1.37 Å². The van der Waals surface area contributed by atoms with Crippen molar-refractivity contribution in [3.63, 3.8) is 0 Å². The molecule has 48 valence electrons. The van der Waals surface area contributed by atoms with Crippen molar-refractivity contribution in [1.29, 1.82) is 0 Å². The summed E-state index contributed by atoms with van der Waals surface area (Å²) in [5.74, 6) is 0.576. The van der Waals surface area contributed by atoms with Crippen molar-refractivity contribution >= 4 is 0 Å². The van der Waals surface area contributed by atoms with E-state index in [1.54, 1.807) is 0 Å². The Bertz CT molecular complexity index is 166. The molecule has 1 fully saturated rings. The van der Waals surface area contributed by atoms with Gasteiger partial charge in [-0.3, -0.25) is 0 Å². The molecule has 1 heteroatoms. The third-order valence-corrected chi connectivity index (χ3v) is 1.95. The van der Waals surface area contributed by atoms with E-state index < -0.39 is 0 Å². The van der Waals surface area contributed by atoms with Crippen LogP contribution in [0.4, 0.5) is 0 Å². The van der Waals surface area contributed by atoms with Gasteiger partial charge in [0.15, 0.2) is 0 Å². The number of rotatable bonds is 0. The summed E-state index contributed by atoms with van der Waals surface area (Å²) in [6, 6.07) is 0.437. The Kier molecular flexibility index (Phi) is 0.950. The Morgan fingerprint density at radius 1 is 1.44 bits per heavy atom. The van der Waals surface area contributed by atoms with Gasteiger partial charge in [0.05, 0.1) is 0 Å². The first-order valence-electron chi connectivity index (χ1n) is 3.97. The lowest BCUT2D eigenvalue weighted by atomic mass is 9.97. The van der Waals surface area contributed by atoms with Crippen molar-refractivity contribution in [3.05, 3.63) is 24.3 Å². The number of fused-ring (bicyclic) bond motifs is 1. The van der Waals surface area contributed by atoms with E-state index in [-0.39, 0.29) is 6.52 Å². The van der Waals surface area contributed by atoms with Crippen LogP contribution in [0.5, 0.6) is 0 Å². The molecule has 9 heavy (non-hydrogen) atoms. The first kappa shape index (κ1) is 4.29. The van der Waals surface area contributed by atoms with Gasteiger partial charge in [0.2, 0.25) is 0 Å². The van der Waals surface area contributed by atoms with Gasteiger partial charge in [-0.05, 0) is 18.9 Å². The lowest BCUT2D eigenvalue weighted by molar-refractivity contribution is 0.613. The lowest BCUT2D eigenvalue weighted by Gasteiger charge is -2.13. The minimum Gasteiger partial charge on any atom is -0.310 e. The molecule has 0 spiro atoms. The van der Waals surface area contributed by atoms with Crippen molar-refractivity contribution in [2.45, 2.75) is 12.5 Å². The van der Waals surface area contributed by atoms with Crippen LogP contribution in [0.25, 0.3) is 0 Å². The highest BCUT2D eigenvalue weighted by Gasteiger charge is 2.22. The molecule has 2 aliphatic rings. The van der Waals surface area contributed by atoms with Gasteiger partial charge >= 0.3 is 0 Å². The van der Waals surface area contributed by atoms with Gasteiger partial charge in [0.25, 0.3) is 0 Å². The van der Waals surface area contributed by atoms with Crippen LogP contribution in [0, 0.1) is 5.92 Å². The standard InChI is InChI=1S/C8H11N/c1-2-4-8-7(3-1)5-6-9-8/h1-4,7-9H,5-6H2/i6D. The Morgan fingerprint density at radius 3 is 3.22 bits per heavy atom. The summed E-state index contributed by atoms with van der Waals surface area (Å²) < 4.78 is 7.45. The Morgan fingerprint density at radius 2 is 2.33 bits per heavy atom. The van der Waals surface area contributed by atoms with Crippen molar-refractivity contribution in [3.8, 4) is 0 Å². The maximum Gasteiger partial charge on any atom is 0.0428 e. The molecule has 1 aliphatic heterocycles. The van der Waals surface area contributed by atoms with E-state index in [0.717, 1.165) is 6.42 Å². The topological polar surface area (TPSA) is 12.0 Å². The maximum atomic E-state index is 7.45. The molecule has 3 atom stereocenters. The quantitative estimate of drug-likeness (QED) is 0.507. The fourth-order valence-electron chi connectivity index (χ4n) is 1.40. The highest BCUT2D eigenvalue weighted by atomic mass is 14.9. The average molecular weight is 122 g/mol. The Balaban J connectivity index is 2.14. The highest BCUT2D eigenvalue weighted by Crippen LogP contribution is 2.20. The zero-order chi connectivity index (χ0) is 6.97. The monoisotopic (exact) mass is 122 g/mol. The molecule has 1 saturated heterocycles. The molecule has 1 heterocycles. The van der Waals surface area contributed by atoms with Gasteiger partial charge in [0.1, 0.15) is 0 Å². The lowest BCUT2D eigenvalue weighted by Crippen LogP contribution is -2.24. The Labute approximate surface area is 56.9 Å². The fraction of sp³-hybridized carbons (Fsp3) is 0.500. The maximum absolute atomic E-state index is 7.45. The second kappa shape index (κ2) is 1.99. The van der Waals surface area contributed by atoms with E-state index in [2.05, 4.69) is 23.5 Å². The predicted octanol–water partition coefficient (Wildman–Crippen LogP) is 1.09. The fourth-order valence-corrected chi connectivity index (χ4v) is 1.40. The Hall–Kier alpha value is -0.560. The van der Waals surface area contributed by atoms with Crippen molar-refractivity contribution in [1.82, 2.24) is 5.32 Å². The van der Waals surface area contributed by atoms with Crippen molar-refractivity contribution in [2.24, 2.45) is 5.92 Å². The van der Waals surface area contributed by atoms with Crippen molar-refractivity contribution < 1.29 is 1.37 Å². The minimum atomic E-state index is -0.0533. The second-order valence-electron chi connectivity index (χ2n) is 2.57. The van der Waals surface area contributed by atoms with Crippen LogP contribution in [-0.2, 0) is 0 Å². The smallest absolute Gasteiger partial charge is 0.0428 e. The van der Waals surface area contributed by atoms with E-state index in [0.29, 0.717) is 12.0 Å². The SMILES string of the molecule is [2H]C1CC2C=CC=CC2N1. The summed E-state index contributed by atoms with van der Waals surface area (Å²) in [4.78, 5) is 0. The summed E-state index contributed by atoms with van der Waals surface area (Å²) in [5, 5.41) is 3.18. The van der Waals surface area contributed by atoms with Crippen LogP contribution >= 0.6 is 0 Å². The molecular formula is C8H11N. The first-order valence-corrected chi connectivity index (χ1v) is 3.39. The number of nitrogens with one attached hydrogen (secondary N) is 1. The normalized spacial score (nSPS) is 48.9. The van der Waals surface area contributed by atoms with Crippen LogP contribution in [-0.4, -0.2) is 12.6 Å². The van der Waals surface area contributed by atoms with Crippen LogP contribution in [0.3, 0.4) is 0 Å². The zero-order valence-electron chi connectivity index (χ0n) is 6.25. The number of hydrogen-bond donors (Lipinski definition) is 1. The summed E-state index contributed by atoms with van der Waals surface area (Å²) in [6.07, 6.45) is 9.41. The molecule has 2 rings (SSSR count). The third-order valence-electron chi connectivity index (χ3n) is 1.95. The molecular weight excluding hydrogens is 110 g/mol. The molecule has 0 radical (unpaired) electrons. The highest BCUT2D eigenvalue weighted by molar-refractivity contribution is 5.18. The van der Waals surface area contributed by atoms with Gasteiger partial charge in [0, 0.05) is 7.41 Å². The molecule has 3 unspecified atom stereocenters. The summed E-state index contributed by atoms with van der Waals surface area (Å²) >= 11 is 0. The molecule has 0 aromatic carbocycles. The van der Waals surface area contributed by atoms with Gasteiger partial charge in [-0.15, -0.1) is 0 Å². The minimum absolute atomic E-state index is 0.0533. The molecule has 0 amide bonds. The van der Waals surface area contributed by atoms with E-state index in [1.165, 1.54) is 0 Å². The molecule has 1 nitrogen and oxygen atoms in total. The molecule has 0 saturated carbocycles. The van der Waals surface area contributed by atoms with Gasteiger partial charge in [-0.1, -0.05) is 24.3 Å². The molecule has 0 bridgehead atoms. The average Bonchev–Trinajstić information content (AvgIpc) is 2.27. The van der Waals surface area contributed by atoms with Crippen molar-refractivity contribution in [2.75, 3.05) is 6.52 Å². The largest absolute Gasteiger partial charge is 0.310 e. The summed E-state index contributed by atoms with van der Waals surface area (Å²) in [7, 11) is 0. The third kappa shape index (κ3) is 0.815. The molecule has 1 aliphatic carbocycles. The van der Waals surface area contributed by atoms with Crippen LogP contribution in [0.1, 0.15) is 7.79 Å². The number of hydrogen-bond acceptors (Lipinski definition) is 1. The first-order chi connectivity index (χ1) is 4.86. The molecule has 0 aromatic rings. The summed E-state index contributed by atoms with van der Waals surface area (Å²) in [6.45, 7) is -0.0533. The number of allylic oxidation sites excluding steroid dienone is 2.